The van der Waals surface area contributed by atoms with Crippen molar-refractivity contribution in [3.8, 4) is 17.2 Å². The molecule has 0 radical (unpaired) electrons. The number of aromatic nitrogens is 2. The van der Waals surface area contributed by atoms with Gasteiger partial charge in [0.25, 0.3) is 5.56 Å². The van der Waals surface area contributed by atoms with Crippen LogP contribution in [-0.4, -0.2) is 40.0 Å². The average molecular weight is 444 g/mol. The molecule has 3 aromatic rings. The van der Waals surface area contributed by atoms with Gasteiger partial charge in [0, 0.05) is 37.2 Å². The van der Waals surface area contributed by atoms with E-state index in [0.29, 0.717) is 36.2 Å². The van der Waals surface area contributed by atoms with Gasteiger partial charge in [-0.3, -0.25) is 14.3 Å². The smallest absolute Gasteiger partial charge is 0.258 e. The highest BCUT2D eigenvalue weighted by molar-refractivity contribution is 6.30. The van der Waals surface area contributed by atoms with Crippen molar-refractivity contribution >= 4 is 11.6 Å². The van der Waals surface area contributed by atoms with E-state index in [9.17, 15) is 9.90 Å². The lowest BCUT2D eigenvalue weighted by molar-refractivity contribution is 0.0789. The second-order valence-corrected chi connectivity index (χ2v) is 8.10. The van der Waals surface area contributed by atoms with Crippen molar-refractivity contribution < 1.29 is 14.6 Å². The second kappa shape index (κ2) is 10.4. The Kier molecular flexibility index (Phi) is 7.68. The van der Waals surface area contributed by atoms with Gasteiger partial charge < -0.3 is 19.9 Å². The Hall–Kier alpha value is -2.87. The minimum absolute atomic E-state index is 0.203. The number of hydrogen-bond acceptors (Lipinski definition) is 6. The molecule has 3 rings (SSSR count). The zero-order valence-electron chi connectivity index (χ0n) is 17.5. The number of halogens is 1. The molecule has 0 fully saturated rings. The monoisotopic (exact) mass is 443 g/mol. The highest BCUT2D eigenvalue weighted by Crippen LogP contribution is 2.16. The molecule has 2 heterocycles. The minimum atomic E-state index is -0.748. The third-order valence-corrected chi connectivity index (χ3v) is 4.51. The standard InChI is InChI=1S/C23H26ClN3O4/c1-23(2,29)16-25-10-12-30-20-7-5-19(6-8-20)27-11-9-21(13-22(27)28)31-15-18-4-3-17(24)14-26-18/h3-9,11,13-14,25,29H,10,12,15-16H2,1-2H3. The van der Waals surface area contributed by atoms with Gasteiger partial charge in [-0.15, -0.1) is 0 Å². The van der Waals surface area contributed by atoms with E-state index in [4.69, 9.17) is 21.1 Å². The molecule has 31 heavy (non-hydrogen) atoms. The molecule has 1 aromatic carbocycles. The lowest BCUT2D eigenvalue weighted by Crippen LogP contribution is -2.36. The molecule has 0 atom stereocenters. The van der Waals surface area contributed by atoms with Gasteiger partial charge in [-0.25, -0.2) is 0 Å². The van der Waals surface area contributed by atoms with Crippen molar-refractivity contribution in [3.05, 3.63) is 82.0 Å². The fraction of sp³-hybridized carbons (Fsp3) is 0.304. The first-order valence-corrected chi connectivity index (χ1v) is 10.3. The van der Waals surface area contributed by atoms with Crippen LogP contribution in [-0.2, 0) is 6.61 Å². The van der Waals surface area contributed by atoms with E-state index in [1.54, 1.807) is 44.4 Å². The summed E-state index contributed by atoms with van der Waals surface area (Å²) in [5, 5.41) is 13.3. The molecule has 2 N–H and O–H groups in total. The first-order valence-electron chi connectivity index (χ1n) is 9.92. The topological polar surface area (TPSA) is 85.6 Å². The summed E-state index contributed by atoms with van der Waals surface area (Å²) in [6, 6.07) is 14.0. The van der Waals surface area contributed by atoms with Gasteiger partial charge in [-0.1, -0.05) is 11.6 Å². The van der Waals surface area contributed by atoms with Gasteiger partial charge in [0.2, 0.25) is 0 Å². The van der Waals surface area contributed by atoms with Crippen molar-refractivity contribution in [2.75, 3.05) is 19.7 Å². The zero-order valence-corrected chi connectivity index (χ0v) is 18.3. The molecule has 2 aromatic heterocycles. The molecular weight excluding hydrogens is 418 g/mol. The Labute approximate surface area is 186 Å². The molecule has 0 saturated carbocycles. The normalized spacial score (nSPS) is 11.4. The van der Waals surface area contributed by atoms with Crippen molar-refractivity contribution in [1.29, 1.82) is 0 Å². The number of benzene rings is 1. The van der Waals surface area contributed by atoms with Crippen LogP contribution < -0.4 is 20.3 Å². The van der Waals surface area contributed by atoms with Crippen LogP contribution in [0.15, 0.2) is 65.7 Å². The van der Waals surface area contributed by atoms with Crippen LogP contribution >= 0.6 is 11.6 Å². The van der Waals surface area contributed by atoms with Gasteiger partial charge in [0.1, 0.15) is 24.7 Å². The number of ether oxygens (including phenoxy) is 2. The summed E-state index contributed by atoms with van der Waals surface area (Å²) in [7, 11) is 0. The first kappa shape index (κ1) is 22.8. The predicted molar refractivity (Wildman–Crippen MR) is 120 cm³/mol. The number of aliphatic hydroxyl groups is 1. The van der Waals surface area contributed by atoms with Crippen molar-refractivity contribution in [2.24, 2.45) is 0 Å². The van der Waals surface area contributed by atoms with Gasteiger partial charge >= 0.3 is 0 Å². The molecule has 0 amide bonds. The molecule has 0 saturated heterocycles. The van der Waals surface area contributed by atoms with E-state index in [1.165, 1.54) is 10.6 Å². The molecule has 0 aliphatic heterocycles. The fourth-order valence-electron chi connectivity index (χ4n) is 2.75. The van der Waals surface area contributed by atoms with Gasteiger partial charge in [0.15, 0.2) is 0 Å². The van der Waals surface area contributed by atoms with E-state index in [-0.39, 0.29) is 12.2 Å². The lowest BCUT2D eigenvalue weighted by atomic mass is 10.1. The summed E-state index contributed by atoms with van der Waals surface area (Å²) in [5.41, 5.74) is 0.497. The lowest BCUT2D eigenvalue weighted by Gasteiger charge is -2.17. The minimum Gasteiger partial charge on any atom is -0.492 e. The number of hydrogen-bond donors (Lipinski definition) is 2. The van der Waals surface area contributed by atoms with Crippen molar-refractivity contribution in [2.45, 2.75) is 26.1 Å². The van der Waals surface area contributed by atoms with Gasteiger partial charge in [-0.05, 0) is 56.3 Å². The van der Waals surface area contributed by atoms with E-state index in [1.807, 2.05) is 24.3 Å². The number of nitrogens with one attached hydrogen (secondary N) is 1. The molecule has 8 heteroatoms. The molecule has 0 spiro atoms. The van der Waals surface area contributed by atoms with Crippen LogP contribution in [0.25, 0.3) is 5.69 Å². The van der Waals surface area contributed by atoms with Crippen LogP contribution in [0.3, 0.4) is 0 Å². The molecule has 0 aliphatic carbocycles. The molecule has 0 unspecified atom stereocenters. The Balaban J connectivity index is 1.53. The largest absolute Gasteiger partial charge is 0.492 e. The molecule has 0 aliphatic rings. The molecular formula is C23H26ClN3O4. The van der Waals surface area contributed by atoms with Gasteiger partial charge in [-0.2, -0.15) is 0 Å². The molecule has 0 bridgehead atoms. The Morgan fingerprint density at radius 2 is 1.87 bits per heavy atom. The van der Waals surface area contributed by atoms with E-state index < -0.39 is 5.60 Å². The average Bonchev–Trinajstić information content (AvgIpc) is 2.73. The van der Waals surface area contributed by atoms with Gasteiger partial charge in [0.05, 0.1) is 16.3 Å². The molecule has 7 nitrogen and oxygen atoms in total. The summed E-state index contributed by atoms with van der Waals surface area (Å²) in [5.74, 6) is 1.17. The summed E-state index contributed by atoms with van der Waals surface area (Å²) in [6.45, 7) is 5.33. The number of nitrogens with zero attached hydrogens (tertiary/aromatic N) is 2. The number of pyridine rings is 2. The Bertz CT molecular complexity index is 1030. The quantitative estimate of drug-likeness (QED) is 0.468. The Morgan fingerprint density at radius 1 is 1.10 bits per heavy atom. The first-order chi connectivity index (χ1) is 14.8. The zero-order chi connectivity index (χ0) is 22.3. The number of rotatable bonds is 10. The van der Waals surface area contributed by atoms with Crippen LogP contribution in [0.5, 0.6) is 11.5 Å². The highest BCUT2D eigenvalue weighted by Gasteiger charge is 2.10. The van der Waals surface area contributed by atoms with Crippen LogP contribution in [0, 0.1) is 0 Å². The van der Waals surface area contributed by atoms with Crippen LogP contribution in [0.1, 0.15) is 19.5 Å². The maximum absolute atomic E-state index is 12.5. The van der Waals surface area contributed by atoms with Crippen molar-refractivity contribution in [1.82, 2.24) is 14.9 Å². The summed E-state index contributed by atoms with van der Waals surface area (Å²) >= 11 is 5.82. The summed E-state index contributed by atoms with van der Waals surface area (Å²) < 4.78 is 12.9. The van der Waals surface area contributed by atoms with Crippen molar-refractivity contribution in [3.63, 3.8) is 0 Å². The second-order valence-electron chi connectivity index (χ2n) is 7.66. The third-order valence-electron chi connectivity index (χ3n) is 4.29. The van der Waals surface area contributed by atoms with Crippen LogP contribution in [0.4, 0.5) is 0 Å². The predicted octanol–water partition coefficient (Wildman–Crippen LogP) is 3.20. The highest BCUT2D eigenvalue weighted by atomic mass is 35.5. The van der Waals surface area contributed by atoms with E-state index in [0.717, 1.165) is 11.4 Å². The molecule has 164 valence electrons. The van der Waals surface area contributed by atoms with E-state index in [2.05, 4.69) is 10.3 Å². The Morgan fingerprint density at radius 3 is 2.52 bits per heavy atom. The SMILES string of the molecule is CC(C)(O)CNCCOc1ccc(-n2ccc(OCc3ccc(Cl)cn3)cc2=O)cc1. The third kappa shape index (κ3) is 7.40. The summed E-state index contributed by atoms with van der Waals surface area (Å²) in [4.78, 5) is 16.7. The maximum Gasteiger partial charge on any atom is 0.258 e. The summed E-state index contributed by atoms with van der Waals surface area (Å²) in [6.07, 6.45) is 3.22. The maximum atomic E-state index is 12.5. The fourth-order valence-corrected chi connectivity index (χ4v) is 2.86. The van der Waals surface area contributed by atoms with E-state index >= 15 is 0 Å². The van der Waals surface area contributed by atoms with Crippen LogP contribution in [0.2, 0.25) is 5.02 Å².